The van der Waals surface area contributed by atoms with Crippen LogP contribution in [0.25, 0.3) is 11.9 Å². The van der Waals surface area contributed by atoms with E-state index in [2.05, 4.69) is 71.7 Å². The summed E-state index contributed by atoms with van der Waals surface area (Å²) in [6.07, 6.45) is 9.27. The van der Waals surface area contributed by atoms with Crippen LogP contribution in [-0.4, -0.2) is 4.57 Å². The Morgan fingerprint density at radius 3 is 2.41 bits per heavy atom. The first-order chi connectivity index (χ1) is 13.6. The first-order valence-corrected chi connectivity index (χ1v) is 10.1. The summed E-state index contributed by atoms with van der Waals surface area (Å²) < 4.78 is 14.2. The van der Waals surface area contributed by atoms with Gasteiger partial charge in [0.15, 0.2) is 5.69 Å². The predicted octanol–water partition coefficient (Wildman–Crippen LogP) is 5.66. The minimum atomic E-state index is -0.841. The third-order valence-electron chi connectivity index (χ3n) is 6.20. The van der Waals surface area contributed by atoms with Gasteiger partial charge in [0.05, 0.1) is 18.0 Å². The van der Waals surface area contributed by atoms with E-state index in [0.717, 1.165) is 11.3 Å². The fourth-order valence-electron chi connectivity index (χ4n) is 4.91. The van der Waals surface area contributed by atoms with E-state index >= 15 is 0 Å². The molecule has 1 saturated carbocycles. The Kier molecular flexibility index (Phi) is 3.73. The molecule has 27 heavy (non-hydrogen) atoms. The Labute approximate surface area is 163 Å². The van der Waals surface area contributed by atoms with Crippen molar-refractivity contribution in [1.82, 2.24) is 4.57 Å². The predicted molar refractivity (Wildman–Crippen MR) is 110 cm³/mol. The molecule has 1 aliphatic carbocycles. The second-order valence-corrected chi connectivity index (χ2v) is 7.86. The van der Waals surface area contributed by atoms with Gasteiger partial charge in [0, 0.05) is 8.29 Å². The van der Waals surface area contributed by atoms with Crippen LogP contribution in [0.2, 0.25) is 0 Å². The molecule has 0 saturated heterocycles. The molecule has 1 aromatic heterocycles. The Hall–Kier alpha value is -2.61. The van der Waals surface area contributed by atoms with Gasteiger partial charge in [-0.25, -0.2) is 4.57 Å². The van der Waals surface area contributed by atoms with E-state index < -0.39 is 5.89 Å². The SMILES string of the molecule is [2H]C1(c2ccccc2)C=Cn2c1c(C)[n+](-c1ccccc1C)c2C1CCCC1. The maximum absolute atomic E-state index is 9.42. The summed E-state index contributed by atoms with van der Waals surface area (Å²) in [6, 6.07) is 18.9. The van der Waals surface area contributed by atoms with Crippen molar-refractivity contribution < 1.29 is 5.94 Å². The topological polar surface area (TPSA) is 8.81 Å². The van der Waals surface area contributed by atoms with E-state index in [9.17, 15) is 1.37 Å². The number of rotatable bonds is 3. The number of aryl methyl sites for hydroxylation is 1. The van der Waals surface area contributed by atoms with Crippen LogP contribution < -0.4 is 4.57 Å². The standard InChI is InChI=1S/C25H27N2/c1-18-10-6-9-15-23(18)27-19(2)24-22(20-11-4-3-5-12-20)16-17-26(24)25(27)21-13-7-8-14-21/h3-6,9-12,15-17,21-22H,7-8,13-14H2,1-2H3/q+1/i22D. The Balaban J connectivity index is 1.79. The monoisotopic (exact) mass is 356 g/mol. The second kappa shape index (κ2) is 6.53. The molecule has 136 valence electrons. The summed E-state index contributed by atoms with van der Waals surface area (Å²) >= 11 is 0. The smallest absolute Gasteiger partial charge is 0.202 e. The molecule has 0 N–H and O–H groups in total. The Morgan fingerprint density at radius 1 is 0.963 bits per heavy atom. The highest BCUT2D eigenvalue weighted by Gasteiger charge is 2.40. The van der Waals surface area contributed by atoms with Gasteiger partial charge in [-0.3, -0.25) is 0 Å². The molecule has 2 nitrogen and oxygen atoms in total. The highest BCUT2D eigenvalue weighted by Crippen LogP contribution is 2.40. The first kappa shape index (κ1) is 15.4. The van der Waals surface area contributed by atoms with E-state index in [1.54, 1.807) is 0 Å². The normalized spacial score (nSPS) is 22.2. The summed E-state index contributed by atoms with van der Waals surface area (Å²) in [4.78, 5) is 0. The van der Waals surface area contributed by atoms with E-state index in [1.807, 2.05) is 18.2 Å². The fourth-order valence-corrected chi connectivity index (χ4v) is 4.91. The quantitative estimate of drug-likeness (QED) is 0.536. The molecule has 0 spiro atoms. The van der Waals surface area contributed by atoms with E-state index in [4.69, 9.17) is 0 Å². The molecular weight excluding hydrogens is 328 g/mol. The third kappa shape index (κ3) is 2.58. The van der Waals surface area contributed by atoms with Crippen molar-refractivity contribution in [2.75, 3.05) is 0 Å². The zero-order valence-corrected chi connectivity index (χ0v) is 16.2. The van der Waals surface area contributed by atoms with Gasteiger partial charge in [0.1, 0.15) is 11.4 Å². The zero-order valence-electron chi connectivity index (χ0n) is 17.2. The number of aromatic nitrogens is 2. The number of hydrogen-bond acceptors (Lipinski definition) is 0. The van der Waals surface area contributed by atoms with Gasteiger partial charge >= 0.3 is 0 Å². The van der Waals surface area contributed by atoms with Crippen LogP contribution in [0.5, 0.6) is 0 Å². The van der Waals surface area contributed by atoms with Gasteiger partial charge in [-0.2, -0.15) is 4.57 Å². The molecule has 1 aliphatic heterocycles. The Bertz CT molecular complexity index is 1060. The Morgan fingerprint density at radius 2 is 1.67 bits per heavy atom. The molecule has 2 aromatic carbocycles. The minimum absolute atomic E-state index is 0.551. The van der Waals surface area contributed by atoms with E-state index in [1.165, 1.54) is 48.5 Å². The largest absolute Gasteiger partial charge is 0.269 e. The summed E-state index contributed by atoms with van der Waals surface area (Å²) in [7, 11) is 0. The molecule has 3 aromatic rings. The molecule has 2 aliphatic rings. The van der Waals surface area contributed by atoms with Crippen LogP contribution >= 0.6 is 0 Å². The molecule has 0 amide bonds. The van der Waals surface area contributed by atoms with Crippen LogP contribution in [0.1, 0.15) is 67.2 Å². The number of imidazole rings is 1. The van der Waals surface area contributed by atoms with Gasteiger partial charge in [-0.05, 0) is 43.0 Å². The maximum Gasteiger partial charge on any atom is 0.269 e. The number of benzene rings is 2. The molecule has 1 unspecified atom stereocenters. The summed E-state index contributed by atoms with van der Waals surface area (Å²) in [6.45, 7) is 4.37. The lowest BCUT2D eigenvalue weighted by Gasteiger charge is -2.11. The van der Waals surface area contributed by atoms with Crippen molar-refractivity contribution >= 4 is 6.20 Å². The number of para-hydroxylation sites is 1. The zero-order chi connectivity index (χ0) is 19.3. The molecule has 1 atom stereocenters. The summed E-state index contributed by atoms with van der Waals surface area (Å²) in [5.41, 5.74) is 5.82. The van der Waals surface area contributed by atoms with Crippen molar-refractivity contribution in [3.05, 3.63) is 89.0 Å². The first-order valence-electron chi connectivity index (χ1n) is 10.6. The van der Waals surface area contributed by atoms with Crippen molar-refractivity contribution in [3.63, 3.8) is 0 Å². The van der Waals surface area contributed by atoms with E-state index in [0.29, 0.717) is 5.92 Å². The van der Waals surface area contributed by atoms with Crippen molar-refractivity contribution in [3.8, 4) is 5.69 Å². The molecule has 0 bridgehead atoms. The summed E-state index contributed by atoms with van der Waals surface area (Å²) in [5.74, 6) is 1.06. The molecule has 2 heterocycles. The van der Waals surface area contributed by atoms with Crippen molar-refractivity contribution in [1.29, 1.82) is 0 Å². The molecule has 2 heteroatoms. The van der Waals surface area contributed by atoms with E-state index in [-0.39, 0.29) is 0 Å². The third-order valence-corrected chi connectivity index (χ3v) is 6.20. The lowest BCUT2D eigenvalue weighted by atomic mass is 9.96. The van der Waals surface area contributed by atoms with Crippen LogP contribution in [0, 0.1) is 13.8 Å². The number of nitrogens with zero attached hydrogens (tertiary/aromatic N) is 2. The minimum Gasteiger partial charge on any atom is -0.202 e. The lowest BCUT2D eigenvalue weighted by Crippen LogP contribution is -2.39. The van der Waals surface area contributed by atoms with Crippen LogP contribution in [-0.2, 0) is 0 Å². The van der Waals surface area contributed by atoms with Gasteiger partial charge in [0.2, 0.25) is 0 Å². The molecular formula is C25H27N2+. The van der Waals surface area contributed by atoms with Gasteiger partial charge < -0.3 is 0 Å². The number of allylic oxidation sites excluding steroid dienone is 1. The second-order valence-electron chi connectivity index (χ2n) is 7.86. The van der Waals surface area contributed by atoms with Crippen LogP contribution in [0.3, 0.4) is 0 Å². The van der Waals surface area contributed by atoms with Crippen molar-refractivity contribution in [2.24, 2.45) is 0 Å². The lowest BCUT2D eigenvalue weighted by molar-refractivity contribution is -0.612. The molecule has 5 rings (SSSR count). The molecule has 1 fully saturated rings. The number of hydrogen-bond donors (Lipinski definition) is 0. The summed E-state index contributed by atoms with van der Waals surface area (Å²) in [5, 5.41) is 0. The average Bonchev–Trinajstić information content (AvgIpc) is 3.42. The highest BCUT2D eigenvalue weighted by molar-refractivity contribution is 5.50. The fraction of sp³-hybridized carbons (Fsp3) is 0.320. The number of fused-ring (bicyclic) bond motifs is 1. The maximum atomic E-state index is 9.42. The van der Waals surface area contributed by atoms with Gasteiger partial charge in [-0.15, -0.1) is 0 Å². The highest BCUT2D eigenvalue weighted by atomic mass is 15.2. The van der Waals surface area contributed by atoms with Gasteiger partial charge in [-0.1, -0.05) is 61.4 Å². The van der Waals surface area contributed by atoms with Gasteiger partial charge in [0.25, 0.3) is 5.82 Å². The molecule has 0 radical (unpaired) electrons. The van der Waals surface area contributed by atoms with Crippen LogP contribution in [0.4, 0.5) is 0 Å². The van der Waals surface area contributed by atoms with Crippen LogP contribution in [0.15, 0.2) is 60.7 Å². The van der Waals surface area contributed by atoms with Crippen molar-refractivity contribution in [2.45, 2.75) is 51.3 Å². The average molecular weight is 357 g/mol.